The lowest BCUT2D eigenvalue weighted by Crippen LogP contribution is -2.40. The highest BCUT2D eigenvalue weighted by atomic mass is 79.9. The summed E-state index contributed by atoms with van der Waals surface area (Å²) in [4.78, 5) is 2.52. The van der Waals surface area contributed by atoms with Crippen molar-refractivity contribution in [3.8, 4) is 0 Å². The molecule has 112 valence electrons. The molecule has 0 bridgehead atoms. The minimum atomic E-state index is 0.392. The third kappa shape index (κ3) is 4.29. The van der Waals surface area contributed by atoms with Crippen LogP contribution in [-0.2, 0) is 4.74 Å². The van der Waals surface area contributed by atoms with Crippen molar-refractivity contribution in [2.24, 2.45) is 0 Å². The first-order chi connectivity index (χ1) is 9.72. The zero-order valence-electron chi connectivity index (χ0n) is 12.4. The summed E-state index contributed by atoms with van der Waals surface area (Å²) in [7, 11) is 1.77. The summed E-state index contributed by atoms with van der Waals surface area (Å²) >= 11 is 3.67. The molecule has 0 aliphatic carbocycles. The van der Waals surface area contributed by atoms with Gasteiger partial charge in [-0.05, 0) is 37.9 Å². The zero-order valence-corrected chi connectivity index (χ0v) is 14.0. The summed E-state index contributed by atoms with van der Waals surface area (Å²) in [5.74, 6) is 0. The van der Waals surface area contributed by atoms with E-state index in [1.807, 2.05) is 0 Å². The Kier molecular flexibility index (Phi) is 6.49. The van der Waals surface area contributed by atoms with Crippen molar-refractivity contribution in [3.63, 3.8) is 0 Å². The molecule has 1 aromatic carbocycles. The molecule has 0 spiro atoms. The van der Waals surface area contributed by atoms with Crippen LogP contribution in [0.25, 0.3) is 0 Å². The standard InChI is InChI=1S/C16H25BrN2O/c1-13(15-7-3-4-8-16(15)17)19(10-11-20-2)12-14-6-5-9-18-14/h3-4,7-8,13-14,18H,5-6,9-12H2,1-2H3. The lowest BCUT2D eigenvalue weighted by atomic mass is 10.1. The molecule has 1 aliphatic heterocycles. The molecule has 1 saturated heterocycles. The smallest absolute Gasteiger partial charge is 0.0589 e. The highest BCUT2D eigenvalue weighted by molar-refractivity contribution is 9.10. The van der Waals surface area contributed by atoms with Crippen LogP contribution in [0.5, 0.6) is 0 Å². The van der Waals surface area contributed by atoms with E-state index >= 15 is 0 Å². The first-order valence-corrected chi connectivity index (χ1v) is 8.22. The number of hydrogen-bond donors (Lipinski definition) is 1. The highest BCUT2D eigenvalue weighted by Gasteiger charge is 2.23. The van der Waals surface area contributed by atoms with E-state index in [1.54, 1.807) is 7.11 Å². The molecule has 0 amide bonds. The van der Waals surface area contributed by atoms with Crippen LogP contribution >= 0.6 is 15.9 Å². The van der Waals surface area contributed by atoms with E-state index in [4.69, 9.17) is 4.74 Å². The molecule has 3 nitrogen and oxygen atoms in total. The molecule has 1 heterocycles. The van der Waals surface area contributed by atoms with Crippen molar-refractivity contribution in [3.05, 3.63) is 34.3 Å². The fourth-order valence-electron chi connectivity index (χ4n) is 2.86. The van der Waals surface area contributed by atoms with Gasteiger partial charge in [0.1, 0.15) is 0 Å². The monoisotopic (exact) mass is 340 g/mol. The van der Waals surface area contributed by atoms with Crippen LogP contribution in [0.4, 0.5) is 0 Å². The predicted molar refractivity (Wildman–Crippen MR) is 87.0 cm³/mol. The molecule has 0 radical (unpaired) electrons. The maximum absolute atomic E-state index is 5.28. The Labute approximate surface area is 130 Å². The van der Waals surface area contributed by atoms with Gasteiger partial charge in [0, 0.05) is 36.8 Å². The number of halogens is 1. The predicted octanol–water partition coefficient (Wildman–Crippen LogP) is 3.21. The van der Waals surface area contributed by atoms with Crippen LogP contribution < -0.4 is 5.32 Å². The van der Waals surface area contributed by atoms with Crippen molar-refractivity contribution < 1.29 is 4.74 Å². The molecule has 1 fully saturated rings. The number of nitrogens with zero attached hydrogens (tertiary/aromatic N) is 1. The van der Waals surface area contributed by atoms with E-state index in [9.17, 15) is 0 Å². The first kappa shape index (κ1) is 16.0. The first-order valence-electron chi connectivity index (χ1n) is 7.43. The molecule has 0 aromatic heterocycles. The fraction of sp³-hybridized carbons (Fsp3) is 0.625. The number of hydrogen-bond acceptors (Lipinski definition) is 3. The quantitative estimate of drug-likeness (QED) is 0.824. The number of methoxy groups -OCH3 is 1. The average molecular weight is 341 g/mol. The molecule has 1 N–H and O–H groups in total. The normalized spacial score (nSPS) is 20.5. The lowest BCUT2D eigenvalue weighted by molar-refractivity contribution is 0.117. The van der Waals surface area contributed by atoms with Gasteiger partial charge < -0.3 is 10.1 Å². The second-order valence-electron chi connectivity index (χ2n) is 5.48. The Morgan fingerprint density at radius 3 is 2.90 bits per heavy atom. The number of nitrogens with one attached hydrogen (secondary N) is 1. The summed E-state index contributed by atoms with van der Waals surface area (Å²) < 4.78 is 6.47. The molecule has 20 heavy (non-hydrogen) atoms. The Bertz CT molecular complexity index is 407. The van der Waals surface area contributed by atoms with E-state index in [0.29, 0.717) is 12.1 Å². The molecular formula is C16H25BrN2O. The molecule has 1 aromatic rings. The van der Waals surface area contributed by atoms with Crippen LogP contribution in [0.15, 0.2) is 28.7 Å². The Morgan fingerprint density at radius 1 is 1.45 bits per heavy atom. The molecular weight excluding hydrogens is 316 g/mol. The van der Waals surface area contributed by atoms with Crippen molar-refractivity contribution in [1.29, 1.82) is 0 Å². The molecule has 1 aliphatic rings. The van der Waals surface area contributed by atoms with Gasteiger partial charge in [-0.1, -0.05) is 34.1 Å². The van der Waals surface area contributed by atoms with E-state index in [1.165, 1.54) is 22.9 Å². The van der Waals surface area contributed by atoms with Crippen molar-refractivity contribution in [2.75, 3.05) is 33.4 Å². The van der Waals surface area contributed by atoms with Gasteiger partial charge in [0.05, 0.1) is 6.61 Å². The molecule has 4 heteroatoms. The summed E-state index contributed by atoms with van der Waals surface area (Å²) in [6.45, 7) is 6.28. The summed E-state index contributed by atoms with van der Waals surface area (Å²) in [6, 6.07) is 9.52. The van der Waals surface area contributed by atoms with Gasteiger partial charge >= 0.3 is 0 Å². The summed E-state index contributed by atoms with van der Waals surface area (Å²) in [6.07, 6.45) is 2.58. The summed E-state index contributed by atoms with van der Waals surface area (Å²) in [5, 5.41) is 3.59. The van der Waals surface area contributed by atoms with Crippen LogP contribution in [0, 0.1) is 0 Å². The van der Waals surface area contributed by atoms with E-state index in [2.05, 4.69) is 57.3 Å². The Morgan fingerprint density at radius 2 is 2.25 bits per heavy atom. The van der Waals surface area contributed by atoms with E-state index < -0.39 is 0 Å². The Balaban J connectivity index is 2.06. The minimum absolute atomic E-state index is 0.392. The number of rotatable bonds is 7. The zero-order chi connectivity index (χ0) is 14.4. The molecule has 2 rings (SSSR count). The molecule has 0 saturated carbocycles. The van der Waals surface area contributed by atoms with Crippen molar-refractivity contribution >= 4 is 15.9 Å². The number of benzene rings is 1. The van der Waals surface area contributed by atoms with Crippen molar-refractivity contribution in [2.45, 2.75) is 31.8 Å². The summed E-state index contributed by atoms with van der Waals surface area (Å²) in [5.41, 5.74) is 1.35. The minimum Gasteiger partial charge on any atom is -0.383 e. The third-order valence-corrected chi connectivity index (χ3v) is 4.83. The van der Waals surface area contributed by atoms with Gasteiger partial charge in [-0.3, -0.25) is 4.90 Å². The van der Waals surface area contributed by atoms with Gasteiger partial charge in [0.15, 0.2) is 0 Å². The van der Waals surface area contributed by atoms with Crippen LogP contribution in [0.1, 0.15) is 31.4 Å². The largest absolute Gasteiger partial charge is 0.383 e. The topological polar surface area (TPSA) is 24.5 Å². The van der Waals surface area contributed by atoms with Gasteiger partial charge in [-0.2, -0.15) is 0 Å². The van der Waals surface area contributed by atoms with Gasteiger partial charge in [0.2, 0.25) is 0 Å². The van der Waals surface area contributed by atoms with Crippen LogP contribution in [0.2, 0.25) is 0 Å². The molecule has 2 atom stereocenters. The van der Waals surface area contributed by atoms with Gasteiger partial charge in [0.25, 0.3) is 0 Å². The Hall–Kier alpha value is -0.420. The number of ether oxygens (including phenoxy) is 1. The SMILES string of the molecule is COCCN(CC1CCCN1)C(C)c1ccccc1Br. The second kappa shape index (κ2) is 8.13. The van der Waals surface area contributed by atoms with E-state index in [-0.39, 0.29) is 0 Å². The fourth-order valence-corrected chi connectivity index (χ4v) is 3.47. The maximum Gasteiger partial charge on any atom is 0.0589 e. The highest BCUT2D eigenvalue weighted by Crippen LogP contribution is 2.28. The third-order valence-electron chi connectivity index (χ3n) is 4.10. The maximum atomic E-state index is 5.28. The lowest BCUT2D eigenvalue weighted by Gasteiger charge is -2.32. The second-order valence-corrected chi connectivity index (χ2v) is 6.33. The van der Waals surface area contributed by atoms with Crippen LogP contribution in [0.3, 0.4) is 0 Å². The van der Waals surface area contributed by atoms with Gasteiger partial charge in [-0.25, -0.2) is 0 Å². The van der Waals surface area contributed by atoms with E-state index in [0.717, 1.165) is 26.2 Å². The van der Waals surface area contributed by atoms with Crippen molar-refractivity contribution in [1.82, 2.24) is 10.2 Å². The van der Waals surface area contributed by atoms with Crippen LogP contribution in [-0.4, -0.2) is 44.3 Å². The molecule has 2 unspecified atom stereocenters. The van der Waals surface area contributed by atoms with Gasteiger partial charge in [-0.15, -0.1) is 0 Å². The average Bonchev–Trinajstić information content (AvgIpc) is 2.96.